The van der Waals surface area contributed by atoms with Gasteiger partial charge < -0.3 is 10.2 Å². The summed E-state index contributed by atoms with van der Waals surface area (Å²) in [5, 5.41) is 2.84. The third-order valence-corrected chi connectivity index (χ3v) is 4.32. The Morgan fingerprint density at radius 3 is 2.86 bits per heavy atom. The molecule has 0 radical (unpaired) electrons. The van der Waals surface area contributed by atoms with Crippen LogP contribution in [0.15, 0.2) is 24.3 Å². The summed E-state index contributed by atoms with van der Waals surface area (Å²) in [6.07, 6.45) is 4.82. The fraction of sp³-hybridized carbons (Fsp3) is 0.556. The number of amides is 2. The molecule has 0 unspecified atom stereocenters. The monoisotopic (exact) mass is 302 g/mol. The molecule has 1 heterocycles. The van der Waals surface area contributed by atoms with Gasteiger partial charge in [-0.05, 0) is 44.7 Å². The summed E-state index contributed by atoms with van der Waals surface area (Å²) < 4.78 is 0. The maximum absolute atomic E-state index is 12.3. The number of hydrogen-bond acceptors (Lipinski definition) is 2. The highest BCUT2D eigenvalue weighted by Crippen LogP contribution is 2.20. The van der Waals surface area contributed by atoms with Gasteiger partial charge in [-0.2, -0.15) is 0 Å². The molecule has 0 saturated carbocycles. The fourth-order valence-corrected chi connectivity index (χ4v) is 3.07. The minimum Gasteiger partial charge on any atom is -0.352 e. The van der Waals surface area contributed by atoms with Gasteiger partial charge in [0.15, 0.2) is 0 Å². The van der Waals surface area contributed by atoms with Gasteiger partial charge >= 0.3 is 0 Å². The molecular weight excluding hydrogens is 276 g/mol. The number of carbonyl (C=O) groups is 2. The predicted octanol–water partition coefficient (Wildman–Crippen LogP) is 2.91. The lowest BCUT2D eigenvalue weighted by molar-refractivity contribution is -0.134. The van der Waals surface area contributed by atoms with Gasteiger partial charge in [0.1, 0.15) is 0 Å². The van der Waals surface area contributed by atoms with Crippen molar-refractivity contribution in [2.24, 2.45) is 0 Å². The van der Waals surface area contributed by atoms with E-state index in [2.05, 4.69) is 12.2 Å². The molecular formula is C18H26N2O2. The zero-order chi connectivity index (χ0) is 15.9. The summed E-state index contributed by atoms with van der Waals surface area (Å²) in [7, 11) is 0. The lowest BCUT2D eigenvalue weighted by Gasteiger charge is -2.35. The van der Waals surface area contributed by atoms with Gasteiger partial charge in [-0.25, -0.2) is 0 Å². The molecule has 0 aromatic heterocycles. The summed E-state index contributed by atoms with van der Waals surface area (Å²) in [6.45, 7) is 5.36. The Bertz CT molecular complexity index is 528. The number of benzene rings is 1. The molecule has 1 atom stereocenters. The summed E-state index contributed by atoms with van der Waals surface area (Å²) in [4.78, 5) is 26.4. The van der Waals surface area contributed by atoms with Crippen molar-refractivity contribution in [1.82, 2.24) is 10.2 Å². The molecule has 22 heavy (non-hydrogen) atoms. The molecule has 120 valence electrons. The maximum atomic E-state index is 12.3. The van der Waals surface area contributed by atoms with E-state index in [-0.39, 0.29) is 11.8 Å². The Hall–Kier alpha value is -1.84. The van der Waals surface area contributed by atoms with Crippen LogP contribution in [0.5, 0.6) is 0 Å². The van der Waals surface area contributed by atoms with Gasteiger partial charge in [-0.3, -0.25) is 9.59 Å². The van der Waals surface area contributed by atoms with Crippen molar-refractivity contribution >= 4 is 11.8 Å². The molecule has 1 aliphatic heterocycles. The Morgan fingerprint density at radius 1 is 1.32 bits per heavy atom. The number of piperidine rings is 1. The van der Waals surface area contributed by atoms with Crippen molar-refractivity contribution in [1.29, 1.82) is 0 Å². The van der Waals surface area contributed by atoms with Crippen LogP contribution in [0.3, 0.4) is 0 Å². The van der Waals surface area contributed by atoms with Crippen molar-refractivity contribution < 1.29 is 9.59 Å². The normalized spacial score (nSPS) is 18.1. The number of rotatable bonds is 5. The third kappa shape index (κ3) is 4.33. The summed E-state index contributed by atoms with van der Waals surface area (Å²) in [6, 6.07) is 7.86. The topological polar surface area (TPSA) is 49.4 Å². The number of aryl methyl sites for hydroxylation is 1. The number of nitrogens with zero attached hydrogens (tertiary/aromatic N) is 1. The molecule has 1 aromatic rings. The number of likely N-dealkylation sites (tertiary alicyclic amines) is 1. The third-order valence-electron chi connectivity index (χ3n) is 4.32. The Kier molecular flexibility index (Phi) is 5.99. The molecule has 4 nitrogen and oxygen atoms in total. The zero-order valence-corrected chi connectivity index (χ0v) is 13.6. The van der Waals surface area contributed by atoms with Crippen LogP contribution in [-0.2, 0) is 4.79 Å². The van der Waals surface area contributed by atoms with Crippen molar-refractivity contribution in [3.05, 3.63) is 35.4 Å². The second-order valence-corrected chi connectivity index (χ2v) is 6.02. The highest BCUT2D eigenvalue weighted by Gasteiger charge is 2.24. The molecule has 0 bridgehead atoms. The average Bonchev–Trinajstić information content (AvgIpc) is 2.54. The van der Waals surface area contributed by atoms with Crippen LogP contribution in [0.4, 0.5) is 0 Å². The number of carbonyl (C=O) groups excluding carboxylic acids is 2. The molecule has 0 spiro atoms. The highest BCUT2D eigenvalue weighted by atomic mass is 16.2. The van der Waals surface area contributed by atoms with E-state index >= 15 is 0 Å². The minimum atomic E-state index is -0.109. The molecule has 1 fully saturated rings. The standard InChI is InChI=1S/C18H26N2O2/c1-3-16-9-4-5-12-20(16)17(21)10-11-19-18(22)15-8-6-7-14(2)13-15/h6-8,13,16H,3-5,9-12H2,1-2H3,(H,19,22)/t16-/m1/s1. The first-order valence-electron chi connectivity index (χ1n) is 8.26. The summed E-state index contributed by atoms with van der Waals surface area (Å²) in [5.74, 6) is 0.0540. The quantitative estimate of drug-likeness (QED) is 0.909. The average molecular weight is 302 g/mol. The lowest BCUT2D eigenvalue weighted by Crippen LogP contribution is -2.44. The van der Waals surface area contributed by atoms with Crippen LogP contribution in [0.25, 0.3) is 0 Å². The van der Waals surface area contributed by atoms with Crippen LogP contribution in [0, 0.1) is 6.92 Å². The van der Waals surface area contributed by atoms with Crippen LogP contribution in [0.1, 0.15) is 54.9 Å². The van der Waals surface area contributed by atoms with Crippen molar-refractivity contribution in [2.75, 3.05) is 13.1 Å². The van der Waals surface area contributed by atoms with Gasteiger partial charge in [0.05, 0.1) is 0 Å². The lowest BCUT2D eigenvalue weighted by atomic mass is 9.99. The number of nitrogens with one attached hydrogen (secondary N) is 1. The van der Waals surface area contributed by atoms with Crippen molar-refractivity contribution in [3.8, 4) is 0 Å². The van der Waals surface area contributed by atoms with E-state index < -0.39 is 0 Å². The molecule has 2 amide bonds. The van der Waals surface area contributed by atoms with Gasteiger partial charge in [0.2, 0.25) is 5.91 Å². The Labute approximate surface area is 132 Å². The SMILES string of the molecule is CC[C@@H]1CCCCN1C(=O)CCNC(=O)c1cccc(C)c1. The Morgan fingerprint density at radius 2 is 2.14 bits per heavy atom. The van der Waals surface area contributed by atoms with E-state index in [4.69, 9.17) is 0 Å². The van der Waals surface area contributed by atoms with Crippen LogP contribution >= 0.6 is 0 Å². The largest absolute Gasteiger partial charge is 0.352 e. The fourth-order valence-electron chi connectivity index (χ4n) is 3.07. The van der Waals surface area contributed by atoms with Gasteiger partial charge in [0, 0.05) is 31.1 Å². The molecule has 0 aliphatic carbocycles. The molecule has 4 heteroatoms. The van der Waals surface area contributed by atoms with E-state index in [0.29, 0.717) is 24.6 Å². The first-order valence-corrected chi connectivity index (χ1v) is 8.26. The van der Waals surface area contributed by atoms with E-state index in [1.807, 2.05) is 30.0 Å². The molecule has 2 rings (SSSR count). The van der Waals surface area contributed by atoms with Gasteiger partial charge in [-0.1, -0.05) is 24.6 Å². The van der Waals surface area contributed by atoms with E-state index in [1.165, 1.54) is 6.42 Å². The maximum Gasteiger partial charge on any atom is 0.251 e. The summed E-state index contributed by atoms with van der Waals surface area (Å²) in [5.41, 5.74) is 1.71. The van der Waals surface area contributed by atoms with Crippen LogP contribution < -0.4 is 5.32 Å². The molecule has 1 saturated heterocycles. The Balaban J connectivity index is 1.80. The van der Waals surface area contributed by atoms with Crippen LogP contribution in [0.2, 0.25) is 0 Å². The first kappa shape index (κ1) is 16.5. The highest BCUT2D eigenvalue weighted by molar-refractivity contribution is 5.94. The number of hydrogen-bond donors (Lipinski definition) is 1. The van der Waals surface area contributed by atoms with E-state index in [0.717, 1.165) is 31.4 Å². The molecule has 1 N–H and O–H groups in total. The smallest absolute Gasteiger partial charge is 0.251 e. The first-order chi connectivity index (χ1) is 10.6. The zero-order valence-electron chi connectivity index (χ0n) is 13.6. The molecule has 1 aliphatic rings. The minimum absolute atomic E-state index is 0.109. The van der Waals surface area contributed by atoms with Gasteiger partial charge in [0.25, 0.3) is 5.91 Å². The van der Waals surface area contributed by atoms with Crippen molar-refractivity contribution in [2.45, 2.75) is 52.0 Å². The van der Waals surface area contributed by atoms with Crippen molar-refractivity contribution in [3.63, 3.8) is 0 Å². The van der Waals surface area contributed by atoms with E-state index in [1.54, 1.807) is 6.07 Å². The summed E-state index contributed by atoms with van der Waals surface area (Å²) >= 11 is 0. The van der Waals surface area contributed by atoms with Crippen LogP contribution in [-0.4, -0.2) is 35.8 Å². The predicted molar refractivity (Wildman–Crippen MR) is 87.8 cm³/mol. The second kappa shape index (κ2) is 7.97. The molecule has 1 aromatic carbocycles. The van der Waals surface area contributed by atoms with E-state index in [9.17, 15) is 9.59 Å². The second-order valence-electron chi connectivity index (χ2n) is 6.02. The van der Waals surface area contributed by atoms with Gasteiger partial charge in [-0.15, -0.1) is 0 Å².